The van der Waals surface area contributed by atoms with Crippen molar-refractivity contribution in [2.45, 2.75) is 38.7 Å². The molecule has 1 fully saturated rings. The van der Waals surface area contributed by atoms with Crippen LogP contribution < -0.4 is 0 Å². The number of hydrogen-bond donors (Lipinski definition) is 0. The van der Waals surface area contributed by atoms with Crippen LogP contribution in [0, 0.1) is 34.9 Å². The Kier molecular flexibility index (Phi) is 8.12. The summed E-state index contributed by atoms with van der Waals surface area (Å²) in [5.74, 6) is -5.47. The average molecular weight is 553 g/mol. The van der Waals surface area contributed by atoms with Crippen molar-refractivity contribution < 1.29 is 31.1 Å². The number of allylic oxidation sites excluding steroid dienone is 2. The van der Waals surface area contributed by atoms with Crippen molar-refractivity contribution in [3.8, 4) is 22.3 Å². The molecule has 0 N–H and O–H groups in total. The molecule has 0 aromatic heterocycles. The maximum atomic E-state index is 14.9. The first-order valence-electron chi connectivity index (χ1n) is 13.0. The van der Waals surface area contributed by atoms with Crippen LogP contribution in [-0.4, -0.2) is 6.61 Å². The summed E-state index contributed by atoms with van der Waals surface area (Å²) in [6.07, 6.45) is 4.94. The van der Waals surface area contributed by atoms with Crippen LogP contribution in [0.15, 0.2) is 72.8 Å². The van der Waals surface area contributed by atoms with Gasteiger partial charge in [0, 0.05) is 5.56 Å². The largest absolute Gasteiger partial charge is 0.368 e. The molecule has 0 bridgehead atoms. The molecule has 0 amide bonds. The predicted molar refractivity (Wildman–Crippen MR) is 143 cm³/mol. The normalized spacial score (nSPS) is 14.7. The Hall–Kier alpha value is -3.84. The van der Waals surface area contributed by atoms with E-state index >= 15 is 0 Å². The Morgan fingerprint density at radius 2 is 1.23 bits per heavy atom. The lowest BCUT2D eigenvalue weighted by molar-refractivity contribution is 0.398. The van der Waals surface area contributed by atoms with E-state index in [9.17, 15) is 26.3 Å². The van der Waals surface area contributed by atoms with Crippen LogP contribution in [0.25, 0.3) is 22.3 Å². The second-order valence-corrected chi connectivity index (χ2v) is 9.83. The van der Waals surface area contributed by atoms with E-state index in [0.29, 0.717) is 11.1 Å². The molecule has 1 atom stereocenters. The van der Waals surface area contributed by atoms with Gasteiger partial charge in [-0.25, -0.2) is 26.3 Å². The molecule has 4 aromatic carbocycles. The Morgan fingerprint density at radius 1 is 0.650 bits per heavy atom. The molecule has 1 heterocycles. The quantitative estimate of drug-likeness (QED) is 0.115. The van der Waals surface area contributed by atoms with Gasteiger partial charge in [-0.15, -0.1) is 0 Å². The summed E-state index contributed by atoms with van der Waals surface area (Å²) in [6, 6.07) is 13.7. The van der Waals surface area contributed by atoms with Crippen LogP contribution in [0.5, 0.6) is 0 Å². The molecule has 7 heteroatoms. The van der Waals surface area contributed by atoms with Gasteiger partial charge in [0.1, 0.15) is 41.0 Å². The van der Waals surface area contributed by atoms with Gasteiger partial charge in [0.15, 0.2) is 0 Å². The molecule has 1 saturated heterocycles. The van der Waals surface area contributed by atoms with E-state index in [1.807, 2.05) is 37.3 Å². The van der Waals surface area contributed by atoms with E-state index < -0.39 is 46.6 Å². The summed E-state index contributed by atoms with van der Waals surface area (Å²) in [5, 5.41) is 0. The second kappa shape index (κ2) is 11.7. The van der Waals surface area contributed by atoms with Crippen molar-refractivity contribution in [1.29, 1.82) is 0 Å². The van der Waals surface area contributed by atoms with Gasteiger partial charge >= 0.3 is 0 Å². The summed E-state index contributed by atoms with van der Waals surface area (Å²) in [5.41, 5.74) is 0.985. The summed E-state index contributed by atoms with van der Waals surface area (Å²) in [7, 11) is 0. The molecule has 4 aromatic rings. The van der Waals surface area contributed by atoms with Crippen molar-refractivity contribution in [3.05, 3.63) is 130 Å². The first-order chi connectivity index (χ1) is 19.2. The topological polar surface area (TPSA) is 12.5 Å². The first kappa shape index (κ1) is 27.7. The van der Waals surface area contributed by atoms with E-state index in [2.05, 4.69) is 6.08 Å². The van der Waals surface area contributed by atoms with Crippen molar-refractivity contribution in [1.82, 2.24) is 0 Å². The van der Waals surface area contributed by atoms with Crippen LogP contribution in [0.2, 0.25) is 0 Å². The molecule has 1 aliphatic heterocycles. The SMILES string of the molecule is C/C=C/CCc1ccc(-c2cc(F)c(CCc3cc(F)c(-c4cc(F)c(C5CO5)c(F)c4)c(F)c3)c(F)c2)cc1. The van der Waals surface area contributed by atoms with Gasteiger partial charge in [-0.1, -0.05) is 36.4 Å². The third-order valence-corrected chi connectivity index (χ3v) is 7.05. The van der Waals surface area contributed by atoms with Gasteiger partial charge < -0.3 is 4.74 Å². The Morgan fingerprint density at radius 3 is 1.77 bits per heavy atom. The van der Waals surface area contributed by atoms with Gasteiger partial charge in [-0.2, -0.15) is 0 Å². The zero-order valence-corrected chi connectivity index (χ0v) is 21.7. The summed E-state index contributed by atoms with van der Waals surface area (Å²) in [6.45, 7) is 2.14. The fourth-order valence-corrected chi connectivity index (χ4v) is 4.86. The molecule has 1 aliphatic rings. The standard InChI is InChI=1S/C33H26F6O/c1-2-3-4-5-19-6-9-21(10-7-19)22-14-25(34)24(26(35)15-22)11-8-20-12-27(36)32(28(37)13-20)23-16-29(38)33(30(39)17-23)31-18-40-31/h2-3,6-7,9-10,12-17,31H,4-5,8,11,18H2,1H3/b3-2+. The van der Waals surface area contributed by atoms with E-state index in [-0.39, 0.29) is 41.7 Å². The zero-order valence-electron chi connectivity index (χ0n) is 21.7. The van der Waals surface area contributed by atoms with Crippen LogP contribution in [0.3, 0.4) is 0 Å². The molecule has 0 saturated carbocycles. The molecule has 0 spiro atoms. The highest BCUT2D eigenvalue weighted by molar-refractivity contribution is 5.67. The number of aryl methyl sites for hydroxylation is 2. The Balaban J connectivity index is 1.31. The van der Waals surface area contributed by atoms with Gasteiger partial charge in [-0.05, 0) is 96.8 Å². The molecular formula is C33H26F6O. The minimum atomic E-state index is -1.03. The Bertz CT molecular complexity index is 1500. The predicted octanol–water partition coefficient (Wildman–Crippen LogP) is 9.22. The van der Waals surface area contributed by atoms with Gasteiger partial charge in [0.2, 0.25) is 0 Å². The monoisotopic (exact) mass is 552 g/mol. The van der Waals surface area contributed by atoms with Gasteiger partial charge in [-0.3, -0.25) is 0 Å². The molecule has 0 radical (unpaired) electrons. The van der Waals surface area contributed by atoms with Crippen LogP contribution in [0.4, 0.5) is 26.3 Å². The van der Waals surface area contributed by atoms with Crippen molar-refractivity contribution in [2.24, 2.45) is 0 Å². The van der Waals surface area contributed by atoms with E-state index in [0.717, 1.165) is 42.7 Å². The highest BCUT2D eigenvalue weighted by atomic mass is 19.2. The van der Waals surface area contributed by atoms with Gasteiger partial charge in [0.05, 0.1) is 17.7 Å². The smallest absolute Gasteiger partial charge is 0.134 e. The van der Waals surface area contributed by atoms with Gasteiger partial charge in [0.25, 0.3) is 0 Å². The maximum Gasteiger partial charge on any atom is 0.134 e. The summed E-state index contributed by atoms with van der Waals surface area (Å²) in [4.78, 5) is 0. The number of epoxide rings is 1. The molecule has 206 valence electrons. The lowest BCUT2D eigenvalue weighted by Crippen LogP contribution is -2.02. The lowest BCUT2D eigenvalue weighted by atomic mass is 9.96. The number of rotatable bonds is 9. The molecule has 1 nitrogen and oxygen atoms in total. The van der Waals surface area contributed by atoms with Crippen molar-refractivity contribution >= 4 is 0 Å². The fourth-order valence-electron chi connectivity index (χ4n) is 4.86. The zero-order chi connectivity index (χ0) is 28.4. The summed E-state index contributed by atoms with van der Waals surface area (Å²) >= 11 is 0. The maximum absolute atomic E-state index is 14.9. The third-order valence-electron chi connectivity index (χ3n) is 7.05. The van der Waals surface area contributed by atoms with Crippen LogP contribution in [-0.2, 0) is 24.0 Å². The van der Waals surface area contributed by atoms with Crippen LogP contribution >= 0.6 is 0 Å². The minimum Gasteiger partial charge on any atom is -0.368 e. The molecule has 0 aliphatic carbocycles. The molecular weight excluding hydrogens is 526 g/mol. The second-order valence-electron chi connectivity index (χ2n) is 9.83. The van der Waals surface area contributed by atoms with E-state index in [1.54, 1.807) is 0 Å². The minimum absolute atomic E-state index is 0.0527. The van der Waals surface area contributed by atoms with Crippen molar-refractivity contribution in [3.63, 3.8) is 0 Å². The number of hydrogen-bond acceptors (Lipinski definition) is 1. The lowest BCUT2D eigenvalue weighted by Gasteiger charge is -2.12. The molecule has 5 rings (SSSR count). The highest BCUT2D eigenvalue weighted by Gasteiger charge is 2.32. The third kappa shape index (κ3) is 5.99. The van der Waals surface area contributed by atoms with E-state index in [4.69, 9.17) is 4.74 Å². The fraction of sp³-hybridized carbons (Fsp3) is 0.212. The van der Waals surface area contributed by atoms with E-state index in [1.165, 1.54) is 12.1 Å². The summed E-state index contributed by atoms with van der Waals surface area (Å²) < 4.78 is 93.4. The molecule has 40 heavy (non-hydrogen) atoms. The Labute approximate surface area is 228 Å². The molecule has 1 unspecified atom stereocenters. The highest BCUT2D eigenvalue weighted by Crippen LogP contribution is 2.37. The number of ether oxygens (including phenoxy) is 1. The number of benzene rings is 4. The van der Waals surface area contributed by atoms with Crippen LogP contribution in [0.1, 0.15) is 41.7 Å². The first-order valence-corrected chi connectivity index (χ1v) is 13.0. The average Bonchev–Trinajstić information content (AvgIpc) is 3.73. The number of halogens is 6. The van der Waals surface area contributed by atoms with Crippen molar-refractivity contribution in [2.75, 3.05) is 6.61 Å².